The van der Waals surface area contributed by atoms with Gasteiger partial charge in [0.25, 0.3) is 6.33 Å². The SMILES string of the molecule is CC(C)(C)c1ccc(-[n+]2[c-]n(-c3[c-]c(Oc4[c-]c5c(c(C(C)(C)c6ccccc6)c4)c4ccccc4n5-c4cc(C(C)(C)C)ccn4)cc(C(C)(C)c4ccccc4)c3)cc2)cc1.[Pt]. The molecular formula is C58H56N4OPt-2. The molecule has 5 nitrogen and oxygen atoms in total. The summed E-state index contributed by atoms with van der Waals surface area (Å²) in [6.07, 6.45) is 9.56. The van der Waals surface area contributed by atoms with Gasteiger partial charge in [-0.25, -0.2) is 4.98 Å². The van der Waals surface area contributed by atoms with Gasteiger partial charge < -0.3 is 13.9 Å². The Morgan fingerprint density at radius 2 is 1.17 bits per heavy atom. The third-order valence-electron chi connectivity index (χ3n) is 12.8. The van der Waals surface area contributed by atoms with E-state index in [0.29, 0.717) is 11.5 Å². The number of fused-ring (bicyclic) bond motifs is 3. The fraction of sp³-hybridized carbons (Fsp3) is 0.241. The maximum Gasteiger partial charge on any atom is 0.267 e. The summed E-state index contributed by atoms with van der Waals surface area (Å²) in [4.78, 5) is 5.00. The molecule has 0 aliphatic carbocycles. The second-order valence-corrected chi connectivity index (χ2v) is 19.9. The summed E-state index contributed by atoms with van der Waals surface area (Å²) in [6.45, 7) is 22.5. The van der Waals surface area contributed by atoms with Crippen LogP contribution in [0.25, 0.3) is 39.0 Å². The van der Waals surface area contributed by atoms with Crippen LogP contribution in [0.4, 0.5) is 0 Å². The second kappa shape index (κ2) is 16.8. The largest absolute Gasteiger partial charge is 0.510 e. The molecule has 0 radical (unpaired) electrons. The molecule has 0 atom stereocenters. The monoisotopic (exact) mass is 1020 g/mol. The number of pyridine rings is 1. The molecule has 6 aromatic carbocycles. The zero-order valence-electron chi connectivity index (χ0n) is 38.5. The van der Waals surface area contributed by atoms with Crippen LogP contribution in [0.15, 0.2) is 158 Å². The molecule has 3 heterocycles. The minimum atomic E-state index is -0.410. The summed E-state index contributed by atoms with van der Waals surface area (Å²) >= 11 is 0. The molecule has 0 aliphatic rings. The fourth-order valence-electron chi connectivity index (χ4n) is 8.72. The zero-order chi connectivity index (χ0) is 44.3. The van der Waals surface area contributed by atoms with Gasteiger partial charge in [-0.15, -0.1) is 35.4 Å². The van der Waals surface area contributed by atoms with Crippen LogP contribution in [0.2, 0.25) is 0 Å². The molecule has 6 heteroatoms. The summed E-state index contributed by atoms with van der Waals surface area (Å²) in [5.41, 5.74) is 10.2. The van der Waals surface area contributed by atoms with Gasteiger partial charge in [0, 0.05) is 56.7 Å². The van der Waals surface area contributed by atoms with Gasteiger partial charge in [-0.05, 0) is 85.3 Å². The first kappa shape index (κ1) is 44.6. The van der Waals surface area contributed by atoms with Gasteiger partial charge in [0.15, 0.2) is 0 Å². The first-order valence-corrected chi connectivity index (χ1v) is 22.0. The van der Waals surface area contributed by atoms with Crippen molar-refractivity contribution < 1.29 is 30.4 Å². The smallest absolute Gasteiger partial charge is 0.267 e. The van der Waals surface area contributed by atoms with Crippen molar-refractivity contribution in [2.75, 3.05) is 0 Å². The molecule has 326 valence electrons. The average molecular weight is 1020 g/mol. The van der Waals surface area contributed by atoms with E-state index in [4.69, 9.17) is 9.72 Å². The van der Waals surface area contributed by atoms with E-state index in [9.17, 15) is 0 Å². The first-order valence-electron chi connectivity index (χ1n) is 22.0. The van der Waals surface area contributed by atoms with Gasteiger partial charge in [-0.2, -0.15) is 6.07 Å². The van der Waals surface area contributed by atoms with Crippen molar-refractivity contribution >= 4 is 21.8 Å². The normalized spacial score (nSPS) is 12.4. The maximum absolute atomic E-state index is 7.11. The van der Waals surface area contributed by atoms with Crippen LogP contribution in [0.3, 0.4) is 0 Å². The van der Waals surface area contributed by atoms with Crippen molar-refractivity contribution in [3.8, 4) is 28.7 Å². The minimum absolute atomic E-state index is 0. The molecule has 0 bridgehead atoms. The molecule has 0 amide bonds. The Kier molecular flexibility index (Phi) is 11.7. The zero-order valence-corrected chi connectivity index (χ0v) is 40.8. The van der Waals surface area contributed by atoms with Crippen molar-refractivity contribution in [3.63, 3.8) is 0 Å². The summed E-state index contributed by atoms with van der Waals surface area (Å²) in [6, 6.07) is 57.0. The van der Waals surface area contributed by atoms with Crippen LogP contribution >= 0.6 is 0 Å². The van der Waals surface area contributed by atoms with Gasteiger partial charge in [-0.1, -0.05) is 171 Å². The molecule has 0 unspecified atom stereocenters. The quantitative estimate of drug-likeness (QED) is 0.107. The Labute approximate surface area is 393 Å². The maximum atomic E-state index is 7.11. The van der Waals surface area contributed by atoms with Crippen molar-refractivity contribution in [2.24, 2.45) is 0 Å². The van der Waals surface area contributed by atoms with E-state index < -0.39 is 5.41 Å². The molecule has 0 spiro atoms. The molecule has 3 aromatic heterocycles. The number of benzene rings is 6. The summed E-state index contributed by atoms with van der Waals surface area (Å²) in [5.74, 6) is 2.03. The number of nitrogens with zero attached hydrogens (tertiary/aromatic N) is 4. The van der Waals surface area contributed by atoms with E-state index in [1.807, 2.05) is 27.7 Å². The molecule has 0 saturated carbocycles. The van der Waals surface area contributed by atoms with E-state index in [0.717, 1.165) is 50.1 Å². The summed E-state index contributed by atoms with van der Waals surface area (Å²) < 4.78 is 13.4. The van der Waals surface area contributed by atoms with Gasteiger partial charge >= 0.3 is 0 Å². The van der Waals surface area contributed by atoms with Crippen LogP contribution in [0.5, 0.6) is 11.5 Å². The second-order valence-electron chi connectivity index (χ2n) is 19.9. The molecule has 9 rings (SSSR count). The molecular weight excluding hydrogens is 964 g/mol. The minimum Gasteiger partial charge on any atom is -0.510 e. The first-order chi connectivity index (χ1) is 30.0. The van der Waals surface area contributed by atoms with E-state index >= 15 is 0 Å². The Bertz CT molecular complexity index is 3090. The molecule has 0 N–H and O–H groups in total. The van der Waals surface area contributed by atoms with Crippen LogP contribution in [0.1, 0.15) is 103 Å². The molecule has 0 aliphatic heterocycles. The number of ether oxygens (including phenoxy) is 1. The number of aromatic nitrogens is 4. The van der Waals surface area contributed by atoms with Crippen LogP contribution in [-0.4, -0.2) is 14.1 Å². The van der Waals surface area contributed by atoms with E-state index in [-0.39, 0.29) is 37.3 Å². The third kappa shape index (κ3) is 8.39. The summed E-state index contributed by atoms with van der Waals surface area (Å²) in [7, 11) is 0. The van der Waals surface area contributed by atoms with E-state index in [2.05, 4.69) is 232 Å². The predicted octanol–water partition coefficient (Wildman–Crippen LogP) is 13.7. The van der Waals surface area contributed by atoms with Crippen LogP contribution in [-0.2, 0) is 42.7 Å². The van der Waals surface area contributed by atoms with Gasteiger partial charge in [0.1, 0.15) is 5.82 Å². The predicted molar refractivity (Wildman–Crippen MR) is 257 cm³/mol. The van der Waals surface area contributed by atoms with Crippen LogP contribution in [0, 0.1) is 18.5 Å². The Balaban J connectivity index is 0.00000560. The number of hydrogen-bond donors (Lipinski definition) is 0. The average Bonchev–Trinajstić information content (AvgIpc) is 3.90. The van der Waals surface area contributed by atoms with E-state index in [1.54, 1.807) is 0 Å². The Morgan fingerprint density at radius 3 is 1.83 bits per heavy atom. The molecule has 64 heavy (non-hydrogen) atoms. The van der Waals surface area contributed by atoms with Crippen molar-refractivity contribution in [2.45, 2.75) is 90.9 Å². The standard InChI is InChI=1S/C58H56N4O.Pt/c1-55(2,3)40-25-27-45(28-26-40)60-31-32-61(39-60)46-33-44(57(7,8)41-19-13-11-14-20-41)34-47(36-46)63-48-37-50(58(9,10)42-21-15-12-16-22-42)54-49-23-17-18-24-51(49)62(52(54)38-48)53-35-43(29-30-59-53)56(4,5)6;/h11-35,37H,1-10H3;/q-2;. The number of rotatable bonds is 9. The summed E-state index contributed by atoms with van der Waals surface area (Å²) in [5, 5.41) is 2.27. The van der Waals surface area contributed by atoms with E-state index in [1.165, 1.54) is 22.3 Å². The van der Waals surface area contributed by atoms with Crippen molar-refractivity contribution in [1.82, 2.24) is 14.1 Å². The molecule has 9 aromatic rings. The van der Waals surface area contributed by atoms with Crippen LogP contribution < -0.4 is 9.30 Å². The Hall–Kier alpha value is -6.03. The molecule has 0 saturated heterocycles. The van der Waals surface area contributed by atoms with Crippen molar-refractivity contribution in [1.29, 1.82) is 0 Å². The third-order valence-corrected chi connectivity index (χ3v) is 12.8. The topological polar surface area (TPSA) is 35.9 Å². The number of hydrogen-bond acceptors (Lipinski definition) is 2. The van der Waals surface area contributed by atoms with Gasteiger partial charge in [0.05, 0.1) is 5.69 Å². The fourth-order valence-corrected chi connectivity index (χ4v) is 8.72. The molecule has 0 fully saturated rings. The number of imidazole rings is 1. The Morgan fingerprint density at radius 1 is 0.562 bits per heavy atom. The van der Waals surface area contributed by atoms with Crippen molar-refractivity contribution in [3.05, 3.63) is 210 Å². The van der Waals surface area contributed by atoms with Gasteiger partial charge in [-0.3, -0.25) is 4.57 Å². The number of para-hydroxylation sites is 1. The van der Waals surface area contributed by atoms with Gasteiger partial charge in [0.2, 0.25) is 0 Å².